The molecule has 4 aromatic rings. The number of aryl methyl sites for hydroxylation is 1. The summed E-state index contributed by atoms with van der Waals surface area (Å²) in [7, 11) is -2.00. The SMILES string of the molecule is Cc1cccc(Oc2nc(N(C)Cc3ccccc3)nc3c2CN(S(=O)(=O)c2ccccc2C#N)CC3)c1. The Kier molecular flexibility index (Phi) is 7.09. The van der Waals surface area contributed by atoms with Crippen molar-refractivity contribution in [3.8, 4) is 17.7 Å². The molecule has 38 heavy (non-hydrogen) atoms. The molecule has 1 aliphatic heterocycles. The summed E-state index contributed by atoms with van der Waals surface area (Å²) in [5.41, 5.74) is 3.63. The van der Waals surface area contributed by atoms with E-state index in [1.54, 1.807) is 12.1 Å². The predicted molar refractivity (Wildman–Crippen MR) is 144 cm³/mol. The lowest BCUT2D eigenvalue weighted by Gasteiger charge is -2.29. The molecule has 0 saturated carbocycles. The molecular weight excluding hydrogens is 498 g/mol. The first-order chi connectivity index (χ1) is 18.3. The topological polar surface area (TPSA) is 99.4 Å². The van der Waals surface area contributed by atoms with Crippen molar-refractivity contribution in [2.24, 2.45) is 0 Å². The fraction of sp³-hybridized carbons (Fsp3) is 0.207. The van der Waals surface area contributed by atoms with Gasteiger partial charge in [-0.1, -0.05) is 54.6 Å². The molecule has 0 amide bonds. The van der Waals surface area contributed by atoms with Crippen molar-refractivity contribution in [2.75, 3.05) is 18.5 Å². The molecule has 0 fully saturated rings. The maximum atomic E-state index is 13.6. The summed E-state index contributed by atoms with van der Waals surface area (Å²) in [6, 6.07) is 25.9. The Morgan fingerprint density at radius 1 is 1.03 bits per heavy atom. The second kappa shape index (κ2) is 10.6. The highest BCUT2D eigenvalue weighted by Gasteiger charge is 2.33. The van der Waals surface area contributed by atoms with Gasteiger partial charge in [0.2, 0.25) is 21.9 Å². The molecule has 0 saturated heterocycles. The molecule has 9 heteroatoms. The first kappa shape index (κ1) is 25.4. The van der Waals surface area contributed by atoms with Crippen LogP contribution in [-0.4, -0.2) is 36.3 Å². The van der Waals surface area contributed by atoms with Gasteiger partial charge in [-0.2, -0.15) is 14.6 Å². The number of aromatic nitrogens is 2. The molecule has 3 aromatic carbocycles. The minimum absolute atomic E-state index is 0.00719. The zero-order valence-electron chi connectivity index (χ0n) is 21.2. The van der Waals surface area contributed by atoms with Gasteiger partial charge in [0.05, 0.1) is 21.7 Å². The fourth-order valence-corrected chi connectivity index (χ4v) is 6.00. The van der Waals surface area contributed by atoms with Crippen molar-refractivity contribution in [3.05, 3.63) is 107 Å². The average molecular weight is 526 g/mol. The molecule has 192 valence electrons. The van der Waals surface area contributed by atoms with Crippen LogP contribution < -0.4 is 9.64 Å². The smallest absolute Gasteiger partial charge is 0.244 e. The van der Waals surface area contributed by atoms with Crippen molar-refractivity contribution in [2.45, 2.75) is 31.3 Å². The number of anilines is 1. The summed E-state index contributed by atoms with van der Waals surface area (Å²) in [6.07, 6.45) is 0.391. The highest BCUT2D eigenvalue weighted by atomic mass is 32.2. The second-order valence-electron chi connectivity index (χ2n) is 9.21. The van der Waals surface area contributed by atoms with Gasteiger partial charge >= 0.3 is 0 Å². The first-order valence-electron chi connectivity index (χ1n) is 12.2. The van der Waals surface area contributed by atoms with Crippen molar-refractivity contribution in [1.29, 1.82) is 5.26 Å². The summed E-state index contributed by atoms with van der Waals surface area (Å²) in [6.45, 7) is 2.86. The standard InChI is InChI=1S/C29H27N5O3S/c1-21-9-8-13-24(17-21)37-28-25-20-34(38(35,36)27-14-7-6-12-23(27)18-30)16-15-26(25)31-29(32-28)33(2)19-22-10-4-3-5-11-22/h3-14,17H,15-16,19-20H2,1-2H3. The molecule has 0 atom stereocenters. The Labute approximate surface area is 222 Å². The van der Waals surface area contributed by atoms with Crippen molar-refractivity contribution in [1.82, 2.24) is 14.3 Å². The van der Waals surface area contributed by atoms with E-state index in [1.807, 2.05) is 79.5 Å². The number of nitriles is 1. The van der Waals surface area contributed by atoms with Crippen LogP contribution in [-0.2, 0) is 29.5 Å². The number of hydrogen-bond donors (Lipinski definition) is 0. The normalized spacial score (nSPS) is 13.4. The van der Waals surface area contributed by atoms with Crippen molar-refractivity contribution in [3.63, 3.8) is 0 Å². The van der Waals surface area contributed by atoms with Crippen LogP contribution in [0.25, 0.3) is 0 Å². The zero-order chi connectivity index (χ0) is 26.7. The molecule has 2 heterocycles. The first-order valence-corrected chi connectivity index (χ1v) is 13.7. The molecular formula is C29H27N5O3S. The van der Waals surface area contributed by atoms with E-state index in [-0.39, 0.29) is 23.5 Å². The maximum absolute atomic E-state index is 13.6. The summed E-state index contributed by atoms with van der Waals surface area (Å²) in [5, 5.41) is 9.48. The number of rotatable bonds is 7. The van der Waals surface area contributed by atoms with Crippen LogP contribution in [0, 0.1) is 18.3 Å². The second-order valence-corrected chi connectivity index (χ2v) is 11.1. The molecule has 0 radical (unpaired) electrons. The van der Waals surface area contributed by atoms with E-state index >= 15 is 0 Å². The van der Waals surface area contributed by atoms with Crippen molar-refractivity contribution < 1.29 is 13.2 Å². The van der Waals surface area contributed by atoms with Gasteiger partial charge in [-0.25, -0.2) is 13.4 Å². The lowest BCUT2D eigenvalue weighted by atomic mass is 10.1. The Morgan fingerprint density at radius 2 is 1.79 bits per heavy atom. The van der Waals surface area contributed by atoms with Gasteiger partial charge in [0.1, 0.15) is 11.8 Å². The Hall–Kier alpha value is -4.26. The van der Waals surface area contributed by atoms with E-state index in [1.165, 1.54) is 16.4 Å². The summed E-state index contributed by atoms with van der Waals surface area (Å²) >= 11 is 0. The molecule has 1 aliphatic rings. The molecule has 0 unspecified atom stereocenters. The Bertz CT molecular complexity index is 1620. The fourth-order valence-electron chi connectivity index (χ4n) is 4.45. The van der Waals surface area contributed by atoms with Gasteiger partial charge in [0, 0.05) is 33.1 Å². The van der Waals surface area contributed by atoms with E-state index in [0.29, 0.717) is 36.1 Å². The van der Waals surface area contributed by atoms with E-state index in [9.17, 15) is 13.7 Å². The van der Waals surface area contributed by atoms with E-state index in [0.717, 1.165) is 16.8 Å². The minimum Gasteiger partial charge on any atom is -0.438 e. The van der Waals surface area contributed by atoms with Crippen LogP contribution >= 0.6 is 0 Å². The van der Waals surface area contributed by atoms with Crippen LogP contribution in [0.4, 0.5) is 5.95 Å². The third-order valence-electron chi connectivity index (χ3n) is 6.41. The number of benzene rings is 3. The lowest BCUT2D eigenvalue weighted by Crippen LogP contribution is -2.37. The highest BCUT2D eigenvalue weighted by Crippen LogP contribution is 2.34. The lowest BCUT2D eigenvalue weighted by molar-refractivity contribution is 0.369. The maximum Gasteiger partial charge on any atom is 0.244 e. The van der Waals surface area contributed by atoms with Crippen LogP contribution in [0.5, 0.6) is 11.6 Å². The monoisotopic (exact) mass is 525 g/mol. The molecule has 0 spiro atoms. The molecule has 0 N–H and O–H groups in total. The largest absolute Gasteiger partial charge is 0.438 e. The minimum atomic E-state index is -3.92. The number of nitrogens with zero attached hydrogens (tertiary/aromatic N) is 5. The molecule has 1 aromatic heterocycles. The Balaban J connectivity index is 1.53. The molecule has 8 nitrogen and oxygen atoms in total. The zero-order valence-corrected chi connectivity index (χ0v) is 22.0. The summed E-state index contributed by atoms with van der Waals surface area (Å²) in [4.78, 5) is 11.5. The summed E-state index contributed by atoms with van der Waals surface area (Å²) < 4.78 is 34.7. The van der Waals surface area contributed by atoms with Crippen LogP contribution in [0.2, 0.25) is 0 Å². The van der Waals surface area contributed by atoms with Gasteiger partial charge in [0.15, 0.2) is 0 Å². The van der Waals surface area contributed by atoms with Crippen LogP contribution in [0.1, 0.15) is 27.9 Å². The number of fused-ring (bicyclic) bond motifs is 1. The van der Waals surface area contributed by atoms with E-state index in [2.05, 4.69) is 0 Å². The van der Waals surface area contributed by atoms with Gasteiger partial charge < -0.3 is 9.64 Å². The van der Waals surface area contributed by atoms with Gasteiger partial charge in [-0.15, -0.1) is 0 Å². The third-order valence-corrected chi connectivity index (χ3v) is 8.31. The number of sulfonamides is 1. The highest BCUT2D eigenvalue weighted by molar-refractivity contribution is 7.89. The number of ether oxygens (including phenoxy) is 1. The predicted octanol–water partition coefficient (Wildman–Crippen LogP) is 4.83. The molecule has 5 rings (SSSR count). The van der Waals surface area contributed by atoms with Crippen LogP contribution in [0.3, 0.4) is 0 Å². The van der Waals surface area contributed by atoms with Crippen molar-refractivity contribution >= 4 is 16.0 Å². The van der Waals surface area contributed by atoms with E-state index in [4.69, 9.17) is 14.7 Å². The van der Waals surface area contributed by atoms with E-state index < -0.39 is 10.0 Å². The molecule has 0 bridgehead atoms. The van der Waals surface area contributed by atoms with Gasteiger partial charge in [0.25, 0.3) is 0 Å². The Morgan fingerprint density at radius 3 is 2.55 bits per heavy atom. The average Bonchev–Trinajstić information content (AvgIpc) is 2.93. The van der Waals surface area contributed by atoms with Gasteiger partial charge in [-0.3, -0.25) is 0 Å². The number of hydrogen-bond acceptors (Lipinski definition) is 7. The summed E-state index contributed by atoms with van der Waals surface area (Å²) in [5.74, 6) is 1.43. The molecule has 0 aliphatic carbocycles. The van der Waals surface area contributed by atoms with Crippen LogP contribution in [0.15, 0.2) is 83.8 Å². The van der Waals surface area contributed by atoms with Gasteiger partial charge in [-0.05, 0) is 42.3 Å². The quantitative estimate of drug-likeness (QED) is 0.341. The third kappa shape index (κ3) is 5.23.